The van der Waals surface area contributed by atoms with Crippen LogP contribution in [0.5, 0.6) is 11.5 Å². The zero-order valence-corrected chi connectivity index (χ0v) is 16.3. The third-order valence-electron chi connectivity index (χ3n) is 5.18. The largest absolute Gasteiger partial charge is 0.497 e. The van der Waals surface area contributed by atoms with Crippen LogP contribution in [0.4, 0.5) is 0 Å². The second kappa shape index (κ2) is 8.91. The minimum Gasteiger partial charge on any atom is -0.497 e. The smallest absolute Gasteiger partial charge is 0.234 e. The number of methoxy groups -OCH3 is 2. The van der Waals surface area contributed by atoms with Gasteiger partial charge in [-0.15, -0.1) is 0 Å². The zero-order valence-electron chi connectivity index (χ0n) is 16.3. The summed E-state index contributed by atoms with van der Waals surface area (Å²) < 4.78 is 10.9. The molecular weight excluding hydrogens is 340 g/mol. The monoisotopic (exact) mass is 368 g/mol. The van der Waals surface area contributed by atoms with Gasteiger partial charge in [0.15, 0.2) is 0 Å². The molecule has 1 saturated heterocycles. The van der Waals surface area contributed by atoms with Crippen molar-refractivity contribution < 1.29 is 14.3 Å². The lowest BCUT2D eigenvalue weighted by Gasteiger charge is -2.26. The molecule has 0 spiro atoms. The number of nitrogens with one attached hydrogen (secondary N) is 1. The molecule has 1 amide bonds. The number of carbonyl (C=O) groups is 1. The Hall–Kier alpha value is -2.53. The Morgan fingerprint density at radius 2 is 1.96 bits per heavy atom. The standard InChI is InChI=1S/C22H28N2O3/c1-16(17-8-5-4-6-9-17)23-22(25)15-24-13-7-10-20(24)19-14-18(26-2)11-12-21(19)27-3/h4-6,8-9,11-12,14,16,20H,7,10,13,15H2,1-3H3,(H,23,25)/t16-,20-/m0/s1. The molecule has 1 aliphatic rings. The van der Waals surface area contributed by atoms with Gasteiger partial charge in [0.25, 0.3) is 0 Å². The number of carbonyl (C=O) groups excluding carboxylic acids is 1. The Labute approximate surface area is 161 Å². The maximum atomic E-state index is 12.6. The highest BCUT2D eigenvalue weighted by Gasteiger charge is 2.30. The maximum Gasteiger partial charge on any atom is 0.234 e. The van der Waals surface area contributed by atoms with Gasteiger partial charge in [-0.25, -0.2) is 0 Å². The Balaban J connectivity index is 1.69. The van der Waals surface area contributed by atoms with Crippen molar-refractivity contribution in [3.8, 4) is 11.5 Å². The van der Waals surface area contributed by atoms with Crippen LogP contribution in [0.1, 0.15) is 43.0 Å². The highest BCUT2D eigenvalue weighted by Crippen LogP contribution is 2.38. The predicted molar refractivity (Wildman–Crippen MR) is 106 cm³/mol. The molecule has 5 nitrogen and oxygen atoms in total. The van der Waals surface area contributed by atoms with Gasteiger partial charge in [0.05, 0.1) is 26.8 Å². The Bertz CT molecular complexity index is 763. The summed E-state index contributed by atoms with van der Waals surface area (Å²) in [5.74, 6) is 1.69. The van der Waals surface area contributed by atoms with E-state index in [-0.39, 0.29) is 18.0 Å². The first-order chi connectivity index (χ1) is 13.1. The molecule has 0 bridgehead atoms. The molecule has 144 valence electrons. The number of hydrogen-bond donors (Lipinski definition) is 1. The van der Waals surface area contributed by atoms with E-state index >= 15 is 0 Å². The van der Waals surface area contributed by atoms with Crippen LogP contribution in [0.2, 0.25) is 0 Å². The van der Waals surface area contributed by atoms with E-state index in [2.05, 4.69) is 10.2 Å². The van der Waals surface area contributed by atoms with Gasteiger partial charge < -0.3 is 14.8 Å². The average molecular weight is 368 g/mol. The Morgan fingerprint density at radius 1 is 1.19 bits per heavy atom. The third kappa shape index (κ3) is 4.61. The van der Waals surface area contributed by atoms with Gasteiger partial charge in [0, 0.05) is 11.6 Å². The summed E-state index contributed by atoms with van der Waals surface area (Å²) in [6.07, 6.45) is 2.07. The van der Waals surface area contributed by atoms with Crippen molar-refractivity contribution in [3.05, 3.63) is 59.7 Å². The number of likely N-dealkylation sites (tertiary alicyclic amines) is 1. The predicted octanol–water partition coefficient (Wildman–Crippen LogP) is 3.72. The van der Waals surface area contributed by atoms with Gasteiger partial charge in [0.1, 0.15) is 11.5 Å². The first-order valence-corrected chi connectivity index (χ1v) is 9.42. The summed E-state index contributed by atoms with van der Waals surface area (Å²) in [7, 11) is 3.34. The van der Waals surface area contributed by atoms with Crippen LogP contribution in [-0.4, -0.2) is 38.1 Å². The van der Waals surface area contributed by atoms with E-state index < -0.39 is 0 Å². The van der Waals surface area contributed by atoms with Crippen LogP contribution in [-0.2, 0) is 4.79 Å². The van der Waals surface area contributed by atoms with Crippen LogP contribution in [0.15, 0.2) is 48.5 Å². The number of ether oxygens (including phenoxy) is 2. The van der Waals surface area contributed by atoms with Crippen LogP contribution < -0.4 is 14.8 Å². The summed E-state index contributed by atoms with van der Waals surface area (Å²) in [5, 5.41) is 3.11. The van der Waals surface area contributed by atoms with E-state index in [1.165, 1.54) is 0 Å². The van der Waals surface area contributed by atoms with Gasteiger partial charge in [-0.3, -0.25) is 9.69 Å². The van der Waals surface area contributed by atoms with Crippen LogP contribution in [0, 0.1) is 0 Å². The van der Waals surface area contributed by atoms with Crippen LogP contribution in [0.25, 0.3) is 0 Å². The molecule has 3 rings (SSSR count). The van der Waals surface area contributed by atoms with Crippen molar-refractivity contribution in [2.75, 3.05) is 27.3 Å². The minimum atomic E-state index is -0.00823. The molecule has 2 aromatic rings. The molecule has 0 aromatic heterocycles. The summed E-state index contributed by atoms with van der Waals surface area (Å²) >= 11 is 0. The second-order valence-electron chi connectivity index (χ2n) is 6.94. The fourth-order valence-electron chi connectivity index (χ4n) is 3.76. The molecule has 0 radical (unpaired) electrons. The van der Waals surface area contributed by atoms with E-state index in [1.807, 2.05) is 55.5 Å². The number of hydrogen-bond acceptors (Lipinski definition) is 4. The summed E-state index contributed by atoms with van der Waals surface area (Å²) in [6, 6.07) is 16.0. The fraction of sp³-hybridized carbons (Fsp3) is 0.409. The van der Waals surface area contributed by atoms with Crippen molar-refractivity contribution in [2.24, 2.45) is 0 Å². The van der Waals surface area contributed by atoms with E-state index in [0.29, 0.717) is 6.54 Å². The Morgan fingerprint density at radius 3 is 2.67 bits per heavy atom. The number of nitrogens with zero attached hydrogens (tertiary/aromatic N) is 1. The van der Waals surface area contributed by atoms with Gasteiger partial charge in [0.2, 0.25) is 5.91 Å². The number of rotatable bonds is 7. The first-order valence-electron chi connectivity index (χ1n) is 9.42. The molecule has 2 aromatic carbocycles. The molecule has 1 N–H and O–H groups in total. The molecule has 2 atom stereocenters. The minimum absolute atomic E-state index is 0.00823. The van der Waals surface area contributed by atoms with Gasteiger partial charge in [-0.2, -0.15) is 0 Å². The summed E-state index contributed by atoms with van der Waals surface area (Å²) in [6.45, 7) is 3.29. The molecule has 1 fully saturated rings. The summed E-state index contributed by atoms with van der Waals surface area (Å²) in [5.41, 5.74) is 2.19. The Kier molecular flexibility index (Phi) is 6.35. The third-order valence-corrected chi connectivity index (χ3v) is 5.18. The number of benzene rings is 2. The lowest BCUT2D eigenvalue weighted by atomic mass is 10.0. The zero-order chi connectivity index (χ0) is 19.2. The van der Waals surface area contributed by atoms with Gasteiger partial charge in [-0.05, 0) is 50.1 Å². The van der Waals surface area contributed by atoms with Crippen LogP contribution in [0.3, 0.4) is 0 Å². The maximum absolute atomic E-state index is 12.6. The highest BCUT2D eigenvalue weighted by atomic mass is 16.5. The van der Waals surface area contributed by atoms with Gasteiger partial charge in [-0.1, -0.05) is 30.3 Å². The highest BCUT2D eigenvalue weighted by molar-refractivity contribution is 5.78. The SMILES string of the molecule is COc1ccc(OC)c([C@@H]2CCCN2CC(=O)N[C@@H](C)c2ccccc2)c1. The van der Waals surface area contributed by atoms with E-state index in [4.69, 9.17) is 9.47 Å². The quantitative estimate of drug-likeness (QED) is 0.809. The number of amides is 1. The van der Waals surface area contributed by atoms with Crippen LogP contribution >= 0.6 is 0 Å². The second-order valence-corrected chi connectivity index (χ2v) is 6.94. The molecular formula is C22H28N2O3. The van der Waals surface area contributed by atoms with Crippen molar-refractivity contribution in [2.45, 2.75) is 31.8 Å². The molecule has 0 saturated carbocycles. The van der Waals surface area contributed by atoms with Gasteiger partial charge >= 0.3 is 0 Å². The van der Waals surface area contributed by atoms with E-state index in [0.717, 1.165) is 42.0 Å². The first kappa shape index (κ1) is 19.2. The van der Waals surface area contributed by atoms with E-state index in [9.17, 15) is 4.79 Å². The van der Waals surface area contributed by atoms with E-state index in [1.54, 1.807) is 14.2 Å². The molecule has 27 heavy (non-hydrogen) atoms. The summed E-state index contributed by atoms with van der Waals surface area (Å²) in [4.78, 5) is 14.9. The lowest BCUT2D eigenvalue weighted by Crippen LogP contribution is -2.38. The normalized spacial score (nSPS) is 18.1. The molecule has 5 heteroatoms. The molecule has 1 heterocycles. The molecule has 0 unspecified atom stereocenters. The van der Waals surface area contributed by atoms with Crippen molar-refractivity contribution >= 4 is 5.91 Å². The molecule has 1 aliphatic heterocycles. The fourth-order valence-corrected chi connectivity index (χ4v) is 3.76. The average Bonchev–Trinajstić information content (AvgIpc) is 3.15. The van der Waals surface area contributed by atoms with Crippen molar-refractivity contribution in [1.29, 1.82) is 0 Å². The topological polar surface area (TPSA) is 50.8 Å². The van der Waals surface area contributed by atoms with Crippen molar-refractivity contribution in [3.63, 3.8) is 0 Å². The lowest BCUT2D eigenvalue weighted by molar-refractivity contribution is -0.123. The van der Waals surface area contributed by atoms with Crippen molar-refractivity contribution in [1.82, 2.24) is 10.2 Å². The molecule has 0 aliphatic carbocycles.